The summed E-state index contributed by atoms with van der Waals surface area (Å²) < 4.78 is 68.7. The van der Waals surface area contributed by atoms with Gasteiger partial charge in [-0.25, -0.2) is 9.13 Å². The lowest BCUT2D eigenvalue weighted by atomic mass is 10.0. The van der Waals surface area contributed by atoms with Crippen LogP contribution >= 0.6 is 15.6 Å². The van der Waals surface area contributed by atoms with Gasteiger partial charge in [-0.3, -0.25) is 37.3 Å². The van der Waals surface area contributed by atoms with Crippen LogP contribution in [0.25, 0.3) is 0 Å². The molecule has 0 aromatic heterocycles. The van der Waals surface area contributed by atoms with E-state index in [1.54, 1.807) is 0 Å². The number of rotatable bonds is 80. The number of hydrogen-bond acceptors (Lipinski definition) is 15. The molecule has 5 unspecified atom stereocenters. The van der Waals surface area contributed by atoms with Crippen molar-refractivity contribution in [2.75, 3.05) is 39.6 Å². The molecule has 19 heteroatoms. The minimum atomic E-state index is -4.98. The largest absolute Gasteiger partial charge is 0.472 e. The molecule has 5 atom stereocenters. The summed E-state index contributed by atoms with van der Waals surface area (Å²) in [5.74, 6) is -2.17. The molecule has 0 saturated carbocycles. The first kappa shape index (κ1) is 100. The van der Waals surface area contributed by atoms with Crippen molar-refractivity contribution in [3.8, 4) is 0 Å². The molecule has 104 heavy (non-hydrogen) atoms. The normalized spacial score (nSPS) is 14.2. The van der Waals surface area contributed by atoms with Gasteiger partial charge >= 0.3 is 39.5 Å². The summed E-state index contributed by atoms with van der Waals surface area (Å²) in [5.41, 5.74) is 0. The highest BCUT2D eigenvalue weighted by atomic mass is 31.2. The smallest absolute Gasteiger partial charge is 0.462 e. The molecule has 0 saturated heterocycles. The van der Waals surface area contributed by atoms with Gasteiger partial charge in [-0.2, -0.15) is 0 Å². The van der Waals surface area contributed by atoms with Crippen LogP contribution in [-0.4, -0.2) is 96.7 Å². The van der Waals surface area contributed by atoms with Gasteiger partial charge in [0.2, 0.25) is 0 Å². The van der Waals surface area contributed by atoms with Crippen LogP contribution in [-0.2, 0) is 65.4 Å². The van der Waals surface area contributed by atoms with Crippen LogP contribution in [0.5, 0.6) is 0 Å². The second kappa shape index (κ2) is 77.7. The molecule has 0 aromatic carbocycles. The molecule has 0 heterocycles. The van der Waals surface area contributed by atoms with E-state index in [1.807, 2.05) is 0 Å². The Morgan fingerprint density at radius 1 is 0.269 bits per heavy atom. The van der Waals surface area contributed by atoms with E-state index in [4.69, 9.17) is 37.0 Å². The highest BCUT2D eigenvalue weighted by molar-refractivity contribution is 7.47. The Labute approximate surface area is 634 Å². The Bertz CT molecular complexity index is 2250. The molecule has 3 N–H and O–H groups in total. The number of aliphatic hydroxyl groups excluding tert-OH is 1. The van der Waals surface area contributed by atoms with Gasteiger partial charge in [0.25, 0.3) is 0 Å². The Morgan fingerprint density at radius 3 is 0.740 bits per heavy atom. The molecule has 0 radical (unpaired) electrons. The number of allylic oxidation sites excluding steroid dienone is 12. The fourth-order valence-corrected chi connectivity index (χ4v) is 13.3. The summed E-state index contributed by atoms with van der Waals surface area (Å²) in [6, 6.07) is 0. The van der Waals surface area contributed by atoms with Crippen LogP contribution < -0.4 is 0 Å². The van der Waals surface area contributed by atoms with Crippen LogP contribution in [0.2, 0.25) is 0 Å². The number of esters is 4. The van der Waals surface area contributed by atoms with Gasteiger partial charge in [0.15, 0.2) is 12.2 Å². The molecule has 0 aliphatic heterocycles. The molecule has 17 nitrogen and oxygen atoms in total. The minimum Gasteiger partial charge on any atom is -0.462 e. The number of aliphatic hydroxyl groups is 1. The topological polar surface area (TPSA) is 237 Å². The first-order valence-corrected chi connectivity index (χ1v) is 45.2. The van der Waals surface area contributed by atoms with Crippen molar-refractivity contribution < 1.29 is 80.2 Å². The van der Waals surface area contributed by atoms with E-state index < -0.39 is 97.5 Å². The first-order chi connectivity index (χ1) is 50.7. The molecule has 0 aliphatic carbocycles. The standard InChI is InChI=1S/C85H154O17P2/c1-5-9-13-17-21-25-29-32-35-37-39-41-44-46-50-53-57-61-65-69-82(87)95-75-80(101-84(89)71-67-63-59-55-49-28-24-20-16-12-8-4)77-99-103(91,92)97-73-79(86)74-98-104(93,94)100-78-81(102-85(90)72-68-64-60-56-52-48-43-34-31-27-23-19-15-11-7-3)76-96-83(88)70-66-62-58-54-51-47-45-42-40-38-36-33-30-26-22-18-14-10-6-2/h21-22,25-26,32-33,35-36,39-42,79-81,86H,5-20,23-24,27-31,34,37-38,43-78H2,1-4H3,(H,91,92)(H,93,94)/b25-21-,26-22-,35-32-,36-33-,41-39-,42-40-. The van der Waals surface area contributed by atoms with E-state index in [0.29, 0.717) is 25.7 Å². The quantitative estimate of drug-likeness (QED) is 0.0169. The predicted octanol–water partition coefficient (Wildman–Crippen LogP) is 24.8. The molecule has 0 spiro atoms. The lowest BCUT2D eigenvalue weighted by molar-refractivity contribution is -0.161. The van der Waals surface area contributed by atoms with E-state index in [-0.39, 0.29) is 25.7 Å². The Kier molecular flexibility index (Phi) is 75.0. The fraction of sp³-hybridized carbons (Fsp3) is 0.812. The molecule has 0 aliphatic rings. The van der Waals surface area contributed by atoms with Crippen LogP contribution in [0, 0.1) is 0 Å². The molecule has 0 aromatic rings. The van der Waals surface area contributed by atoms with Gasteiger partial charge in [0, 0.05) is 25.7 Å². The number of carbonyl (C=O) groups excluding carboxylic acids is 4. The van der Waals surface area contributed by atoms with Crippen molar-refractivity contribution in [3.63, 3.8) is 0 Å². The fourth-order valence-electron chi connectivity index (χ4n) is 11.7. The Balaban J connectivity index is 5.30. The van der Waals surface area contributed by atoms with Gasteiger partial charge in [-0.1, -0.05) is 332 Å². The van der Waals surface area contributed by atoms with Crippen LogP contribution in [0.3, 0.4) is 0 Å². The summed E-state index contributed by atoms with van der Waals surface area (Å²) in [6.07, 6.45) is 80.1. The van der Waals surface area contributed by atoms with Gasteiger partial charge in [-0.05, 0) is 103 Å². The zero-order valence-electron chi connectivity index (χ0n) is 66.5. The molecular formula is C85H154O17P2. The molecular weight excluding hydrogens is 1350 g/mol. The van der Waals surface area contributed by atoms with Crippen LogP contribution in [0.15, 0.2) is 72.9 Å². The summed E-state index contributed by atoms with van der Waals surface area (Å²) in [5, 5.41) is 10.7. The number of hydrogen-bond donors (Lipinski definition) is 3. The lowest BCUT2D eigenvalue weighted by Crippen LogP contribution is -2.30. The lowest BCUT2D eigenvalue weighted by Gasteiger charge is -2.21. The molecule has 606 valence electrons. The minimum absolute atomic E-state index is 0.0970. The summed E-state index contributed by atoms with van der Waals surface area (Å²) in [6.45, 7) is 4.87. The number of ether oxygens (including phenoxy) is 4. The maximum absolute atomic E-state index is 13.1. The van der Waals surface area contributed by atoms with Crippen molar-refractivity contribution in [1.82, 2.24) is 0 Å². The van der Waals surface area contributed by atoms with E-state index in [2.05, 4.69) is 101 Å². The number of carbonyl (C=O) groups is 4. The number of phosphoric ester groups is 2. The van der Waals surface area contributed by atoms with Crippen molar-refractivity contribution in [1.29, 1.82) is 0 Å². The molecule has 0 fully saturated rings. The zero-order chi connectivity index (χ0) is 76.0. The van der Waals surface area contributed by atoms with Crippen molar-refractivity contribution in [3.05, 3.63) is 72.9 Å². The van der Waals surface area contributed by atoms with Gasteiger partial charge < -0.3 is 33.8 Å². The third-order valence-electron chi connectivity index (χ3n) is 18.2. The third kappa shape index (κ3) is 76.7. The number of phosphoric acid groups is 2. The maximum Gasteiger partial charge on any atom is 0.472 e. The van der Waals surface area contributed by atoms with Crippen molar-refractivity contribution in [2.45, 2.75) is 406 Å². The maximum atomic E-state index is 13.1. The van der Waals surface area contributed by atoms with Gasteiger partial charge in [-0.15, -0.1) is 0 Å². The second-order valence-electron chi connectivity index (χ2n) is 28.4. The first-order valence-electron chi connectivity index (χ1n) is 42.2. The van der Waals surface area contributed by atoms with E-state index in [9.17, 15) is 43.2 Å². The SMILES string of the molecule is CCCCC/C=C\C/C=C\C/C=C\CCCCCCCCC(=O)OCC(COP(=O)(O)OCC(O)COP(=O)(O)OCC(COC(=O)CCCCCCCC/C=C\C/C=C\C/C=C\CCCCC)OC(=O)CCCCCCCCCCCCCCCCC)OC(=O)CCCCCCCCCCCCC. The molecule has 0 rings (SSSR count). The molecule has 0 bridgehead atoms. The highest BCUT2D eigenvalue weighted by Gasteiger charge is 2.30. The Morgan fingerprint density at radius 2 is 0.471 bits per heavy atom. The van der Waals surface area contributed by atoms with E-state index >= 15 is 0 Å². The van der Waals surface area contributed by atoms with Crippen molar-refractivity contribution >= 4 is 39.5 Å². The zero-order valence-corrected chi connectivity index (χ0v) is 68.2. The summed E-state index contributed by atoms with van der Waals surface area (Å²) in [4.78, 5) is 73.1. The Hall–Kier alpha value is -3.50. The van der Waals surface area contributed by atoms with Crippen molar-refractivity contribution in [2.24, 2.45) is 0 Å². The summed E-state index contributed by atoms with van der Waals surface area (Å²) in [7, 11) is -9.95. The highest BCUT2D eigenvalue weighted by Crippen LogP contribution is 2.45. The van der Waals surface area contributed by atoms with E-state index in [1.165, 1.54) is 141 Å². The average Bonchev–Trinajstić information content (AvgIpc) is 0.931. The van der Waals surface area contributed by atoms with Crippen LogP contribution in [0.4, 0.5) is 0 Å². The third-order valence-corrected chi connectivity index (χ3v) is 20.1. The van der Waals surface area contributed by atoms with Crippen LogP contribution in [0.1, 0.15) is 387 Å². The molecule has 0 amide bonds. The summed E-state index contributed by atoms with van der Waals surface area (Å²) >= 11 is 0. The number of unbranched alkanes of at least 4 members (excludes halogenated alkanes) is 42. The van der Waals surface area contributed by atoms with Gasteiger partial charge in [0.1, 0.15) is 19.3 Å². The van der Waals surface area contributed by atoms with Gasteiger partial charge in [0.05, 0.1) is 26.4 Å². The predicted molar refractivity (Wildman–Crippen MR) is 427 cm³/mol. The monoisotopic (exact) mass is 1510 g/mol. The van der Waals surface area contributed by atoms with E-state index in [0.717, 1.165) is 167 Å². The second-order valence-corrected chi connectivity index (χ2v) is 31.3. The average molecular weight is 1510 g/mol.